The Labute approximate surface area is 155 Å². The predicted molar refractivity (Wildman–Crippen MR) is 95.7 cm³/mol. The lowest BCUT2D eigenvalue weighted by atomic mass is 10.0. The van der Waals surface area contributed by atoms with E-state index in [2.05, 4.69) is 5.32 Å². The number of carbonyl (C=O) groups is 3. The lowest BCUT2D eigenvalue weighted by Gasteiger charge is -2.27. The van der Waals surface area contributed by atoms with Crippen LogP contribution in [-0.4, -0.2) is 60.5 Å². The number of likely N-dealkylation sites (tertiary alicyclic amines) is 1. The molecule has 0 spiro atoms. The maximum Gasteiger partial charge on any atom is 0.411 e. The van der Waals surface area contributed by atoms with Crippen LogP contribution in [0.2, 0.25) is 0 Å². The first-order chi connectivity index (χ1) is 11.8. The summed E-state index contributed by atoms with van der Waals surface area (Å²) < 4.78 is 15.4. The molecule has 0 saturated carbocycles. The summed E-state index contributed by atoms with van der Waals surface area (Å²) in [5.74, 6) is -0.403. The Morgan fingerprint density at radius 2 is 1.62 bits per heavy atom. The molecule has 1 aliphatic heterocycles. The number of methoxy groups -OCH3 is 1. The molecule has 0 aromatic carbocycles. The van der Waals surface area contributed by atoms with Gasteiger partial charge in [0.2, 0.25) is 0 Å². The largest absolute Gasteiger partial charge is 0.467 e. The average Bonchev–Trinajstić information content (AvgIpc) is 2.87. The summed E-state index contributed by atoms with van der Waals surface area (Å²) in [7, 11) is 1.30. The van der Waals surface area contributed by atoms with Crippen molar-refractivity contribution in [2.75, 3.05) is 20.2 Å². The second kappa shape index (κ2) is 8.60. The molecule has 0 aromatic rings. The molecule has 0 unspecified atom stereocenters. The average molecular weight is 372 g/mol. The number of hydrogen-bond acceptors (Lipinski definition) is 6. The van der Waals surface area contributed by atoms with Crippen molar-refractivity contribution in [2.45, 2.75) is 71.6 Å². The molecule has 2 amide bonds. The second-order valence-corrected chi connectivity index (χ2v) is 8.49. The molecule has 1 N–H and O–H groups in total. The van der Waals surface area contributed by atoms with Crippen molar-refractivity contribution >= 4 is 18.2 Å². The van der Waals surface area contributed by atoms with Crippen LogP contribution in [0.15, 0.2) is 0 Å². The standard InChI is InChI=1S/C18H32N2O6/c1-17(2,3)25-15(22)19-9-8-12-10-13(14(21)24-7)20(11-12)16(23)26-18(4,5)6/h12-13H,8-11H2,1-7H3,(H,19,22)/t12-,13+/m1/s1. The fourth-order valence-corrected chi connectivity index (χ4v) is 2.71. The quantitative estimate of drug-likeness (QED) is 0.602. The number of hydrogen-bond donors (Lipinski definition) is 1. The Bertz CT molecular complexity index is 521. The molecule has 26 heavy (non-hydrogen) atoms. The number of ether oxygens (including phenoxy) is 3. The van der Waals surface area contributed by atoms with Crippen LogP contribution in [0.1, 0.15) is 54.4 Å². The Morgan fingerprint density at radius 3 is 2.12 bits per heavy atom. The van der Waals surface area contributed by atoms with Gasteiger partial charge in [0.25, 0.3) is 0 Å². The molecule has 1 aliphatic rings. The van der Waals surface area contributed by atoms with Crippen molar-refractivity contribution in [2.24, 2.45) is 5.92 Å². The van der Waals surface area contributed by atoms with Crippen LogP contribution in [0.25, 0.3) is 0 Å². The molecule has 1 fully saturated rings. The first kappa shape index (κ1) is 22.1. The van der Waals surface area contributed by atoms with Crippen molar-refractivity contribution in [1.82, 2.24) is 10.2 Å². The topological polar surface area (TPSA) is 94.2 Å². The highest BCUT2D eigenvalue weighted by molar-refractivity contribution is 5.82. The third-order valence-corrected chi connectivity index (χ3v) is 3.71. The van der Waals surface area contributed by atoms with E-state index >= 15 is 0 Å². The van der Waals surface area contributed by atoms with Crippen molar-refractivity contribution in [1.29, 1.82) is 0 Å². The molecule has 2 atom stereocenters. The van der Waals surface area contributed by atoms with Gasteiger partial charge in [-0.15, -0.1) is 0 Å². The number of nitrogens with one attached hydrogen (secondary N) is 1. The molecule has 0 radical (unpaired) electrons. The molecule has 1 rings (SSSR count). The smallest absolute Gasteiger partial charge is 0.411 e. The summed E-state index contributed by atoms with van der Waals surface area (Å²) in [5.41, 5.74) is -1.20. The van der Waals surface area contributed by atoms with Gasteiger partial charge in [0.15, 0.2) is 0 Å². The summed E-state index contributed by atoms with van der Waals surface area (Å²) in [4.78, 5) is 37.5. The molecule has 1 heterocycles. The number of esters is 1. The van der Waals surface area contributed by atoms with Crippen LogP contribution in [0.4, 0.5) is 9.59 Å². The van der Waals surface area contributed by atoms with E-state index in [1.165, 1.54) is 12.0 Å². The maximum absolute atomic E-state index is 12.4. The SMILES string of the molecule is COC(=O)[C@@H]1C[C@@H](CCNC(=O)OC(C)(C)C)CN1C(=O)OC(C)(C)C. The van der Waals surface area contributed by atoms with Crippen LogP contribution in [0.5, 0.6) is 0 Å². The first-order valence-electron chi connectivity index (χ1n) is 8.86. The zero-order valence-corrected chi connectivity index (χ0v) is 16.9. The molecule has 0 bridgehead atoms. The van der Waals surface area contributed by atoms with Gasteiger partial charge < -0.3 is 19.5 Å². The molecule has 8 heteroatoms. The van der Waals surface area contributed by atoms with Gasteiger partial charge in [0, 0.05) is 13.1 Å². The zero-order chi connectivity index (χ0) is 20.1. The highest BCUT2D eigenvalue weighted by Crippen LogP contribution is 2.28. The van der Waals surface area contributed by atoms with E-state index in [0.717, 1.165) is 0 Å². The Morgan fingerprint density at radius 1 is 1.04 bits per heavy atom. The van der Waals surface area contributed by atoms with Gasteiger partial charge in [-0.2, -0.15) is 0 Å². The van der Waals surface area contributed by atoms with Crippen LogP contribution < -0.4 is 5.32 Å². The Hall–Kier alpha value is -1.99. The number of carbonyl (C=O) groups excluding carboxylic acids is 3. The summed E-state index contributed by atoms with van der Waals surface area (Å²) in [6.07, 6.45) is 0.0769. The second-order valence-electron chi connectivity index (χ2n) is 8.49. The van der Waals surface area contributed by atoms with Crippen molar-refractivity contribution in [3.05, 3.63) is 0 Å². The molecule has 0 aromatic heterocycles. The van der Waals surface area contributed by atoms with E-state index in [1.54, 1.807) is 41.5 Å². The fraction of sp³-hybridized carbons (Fsp3) is 0.833. The van der Waals surface area contributed by atoms with Gasteiger partial charge in [-0.1, -0.05) is 0 Å². The number of rotatable bonds is 4. The van der Waals surface area contributed by atoms with Crippen LogP contribution in [0.3, 0.4) is 0 Å². The van der Waals surface area contributed by atoms with Crippen LogP contribution in [-0.2, 0) is 19.0 Å². The number of amides is 2. The normalized spacial score (nSPS) is 20.5. The highest BCUT2D eigenvalue weighted by atomic mass is 16.6. The van der Waals surface area contributed by atoms with E-state index in [-0.39, 0.29) is 5.92 Å². The predicted octanol–water partition coefficient (Wildman–Crippen LogP) is 2.70. The minimum atomic E-state index is -0.665. The molecular formula is C18H32N2O6. The summed E-state index contributed by atoms with van der Waals surface area (Å²) >= 11 is 0. The van der Waals surface area contributed by atoms with Crippen LogP contribution >= 0.6 is 0 Å². The molecule has 8 nitrogen and oxygen atoms in total. The van der Waals surface area contributed by atoms with Gasteiger partial charge in [0.1, 0.15) is 17.2 Å². The Kier molecular flexibility index (Phi) is 7.29. The monoisotopic (exact) mass is 372 g/mol. The highest BCUT2D eigenvalue weighted by Gasteiger charge is 2.41. The third-order valence-electron chi connectivity index (χ3n) is 3.71. The summed E-state index contributed by atoms with van der Waals surface area (Å²) in [6, 6.07) is -0.665. The van der Waals surface area contributed by atoms with Gasteiger partial charge in [-0.3, -0.25) is 4.90 Å². The number of alkyl carbamates (subject to hydrolysis) is 1. The van der Waals surface area contributed by atoms with E-state index in [1.807, 2.05) is 0 Å². The van der Waals surface area contributed by atoms with Gasteiger partial charge in [-0.05, 0) is 60.3 Å². The van der Waals surface area contributed by atoms with E-state index in [4.69, 9.17) is 14.2 Å². The Balaban J connectivity index is 2.60. The summed E-state index contributed by atoms with van der Waals surface area (Å²) in [6.45, 7) is 11.5. The van der Waals surface area contributed by atoms with Gasteiger partial charge >= 0.3 is 18.2 Å². The number of nitrogens with zero attached hydrogens (tertiary/aromatic N) is 1. The molecule has 1 saturated heterocycles. The maximum atomic E-state index is 12.4. The van der Waals surface area contributed by atoms with Crippen LogP contribution in [0, 0.1) is 5.92 Å². The fourth-order valence-electron chi connectivity index (χ4n) is 2.71. The lowest BCUT2D eigenvalue weighted by Crippen LogP contribution is -2.43. The first-order valence-corrected chi connectivity index (χ1v) is 8.86. The van der Waals surface area contributed by atoms with E-state index < -0.39 is 35.4 Å². The lowest BCUT2D eigenvalue weighted by molar-refractivity contribution is -0.145. The van der Waals surface area contributed by atoms with Gasteiger partial charge in [-0.25, -0.2) is 14.4 Å². The zero-order valence-electron chi connectivity index (χ0n) is 16.9. The van der Waals surface area contributed by atoms with Crippen molar-refractivity contribution < 1.29 is 28.6 Å². The van der Waals surface area contributed by atoms with Crippen molar-refractivity contribution in [3.63, 3.8) is 0 Å². The molecule has 0 aliphatic carbocycles. The van der Waals surface area contributed by atoms with E-state index in [9.17, 15) is 14.4 Å². The van der Waals surface area contributed by atoms with Crippen molar-refractivity contribution in [3.8, 4) is 0 Å². The minimum Gasteiger partial charge on any atom is -0.467 e. The third kappa shape index (κ3) is 7.49. The van der Waals surface area contributed by atoms with E-state index in [0.29, 0.717) is 25.9 Å². The van der Waals surface area contributed by atoms with Gasteiger partial charge in [0.05, 0.1) is 7.11 Å². The molecule has 150 valence electrons. The summed E-state index contributed by atoms with van der Waals surface area (Å²) in [5, 5.41) is 2.69. The minimum absolute atomic E-state index is 0.0570. The molecular weight excluding hydrogens is 340 g/mol.